The summed E-state index contributed by atoms with van der Waals surface area (Å²) in [6, 6.07) is 6.61. The molecular formula is C12H14FN3S. The van der Waals surface area contributed by atoms with E-state index in [0.717, 1.165) is 17.2 Å². The Balaban J connectivity index is 2.05. The number of anilines is 1. The van der Waals surface area contributed by atoms with E-state index in [1.807, 2.05) is 12.1 Å². The molecule has 0 fully saturated rings. The largest absolute Gasteiger partial charge is 0.359 e. The van der Waals surface area contributed by atoms with E-state index < -0.39 is 0 Å². The number of hydrogen-bond acceptors (Lipinski definition) is 4. The number of nitrogens with zero attached hydrogens (tertiary/aromatic N) is 2. The Kier molecular flexibility index (Phi) is 3.38. The van der Waals surface area contributed by atoms with Gasteiger partial charge in [-0.05, 0) is 17.7 Å². The van der Waals surface area contributed by atoms with E-state index in [9.17, 15) is 4.39 Å². The predicted molar refractivity (Wildman–Crippen MR) is 67.8 cm³/mol. The van der Waals surface area contributed by atoms with Crippen LogP contribution in [0.25, 0.3) is 0 Å². The lowest BCUT2D eigenvalue weighted by Gasteiger charge is -2.25. The second-order valence-electron chi connectivity index (χ2n) is 4.49. The molecule has 1 heterocycles. The summed E-state index contributed by atoms with van der Waals surface area (Å²) in [7, 11) is 0. The average Bonchev–Trinajstić information content (AvgIpc) is 2.80. The van der Waals surface area contributed by atoms with Crippen LogP contribution in [0.5, 0.6) is 0 Å². The molecule has 5 heteroatoms. The zero-order valence-electron chi connectivity index (χ0n) is 9.77. The van der Waals surface area contributed by atoms with Gasteiger partial charge in [0.25, 0.3) is 0 Å². The van der Waals surface area contributed by atoms with Gasteiger partial charge in [-0.15, -0.1) is 0 Å². The van der Waals surface area contributed by atoms with Crippen LogP contribution in [0, 0.1) is 5.82 Å². The summed E-state index contributed by atoms with van der Waals surface area (Å²) in [6.07, 6.45) is 1.53. The minimum absolute atomic E-state index is 0.0840. The molecule has 2 rings (SSSR count). The van der Waals surface area contributed by atoms with Gasteiger partial charge in [-0.3, -0.25) is 0 Å². The number of nitrogens with one attached hydrogen (secondary N) is 1. The van der Waals surface area contributed by atoms with Gasteiger partial charge in [0.15, 0.2) is 0 Å². The van der Waals surface area contributed by atoms with Crippen LogP contribution in [-0.2, 0) is 5.41 Å². The van der Waals surface area contributed by atoms with E-state index in [1.165, 1.54) is 30.0 Å². The SMILES string of the molecule is CC(C)(CNc1ncns1)c1ccc(F)cc1. The maximum Gasteiger partial charge on any atom is 0.202 e. The molecule has 90 valence electrons. The predicted octanol–water partition coefficient (Wildman–Crippen LogP) is 3.07. The van der Waals surface area contributed by atoms with Crippen molar-refractivity contribution in [2.45, 2.75) is 19.3 Å². The Morgan fingerprint density at radius 1 is 1.29 bits per heavy atom. The van der Waals surface area contributed by atoms with Crippen molar-refractivity contribution in [3.8, 4) is 0 Å². The lowest BCUT2D eigenvalue weighted by molar-refractivity contribution is 0.553. The van der Waals surface area contributed by atoms with Gasteiger partial charge in [0, 0.05) is 23.5 Å². The highest BCUT2D eigenvalue weighted by Gasteiger charge is 2.20. The van der Waals surface area contributed by atoms with Crippen LogP contribution in [0.15, 0.2) is 30.6 Å². The van der Waals surface area contributed by atoms with Crippen molar-refractivity contribution in [2.75, 3.05) is 11.9 Å². The minimum atomic E-state index is -0.207. The van der Waals surface area contributed by atoms with Gasteiger partial charge in [-0.25, -0.2) is 9.37 Å². The second kappa shape index (κ2) is 4.79. The van der Waals surface area contributed by atoms with Crippen LogP contribution < -0.4 is 5.32 Å². The third-order valence-electron chi connectivity index (χ3n) is 2.67. The zero-order valence-corrected chi connectivity index (χ0v) is 10.6. The third-order valence-corrected chi connectivity index (χ3v) is 3.29. The van der Waals surface area contributed by atoms with Crippen molar-refractivity contribution in [1.29, 1.82) is 0 Å². The molecule has 0 radical (unpaired) electrons. The first-order chi connectivity index (χ1) is 8.08. The molecule has 0 aliphatic rings. The van der Waals surface area contributed by atoms with Gasteiger partial charge in [0.05, 0.1) is 0 Å². The van der Waals surface area contributed by atoms with Crippen molar-refractivity contribution in [1.82, 2.24) is 9.36 Å². The maximum atomic E-state index is 12.9. The van der Waals surface area contributed by atoms with Gasteiger partial charge in [-0.1, -0.05) is 26.0 Å². The molecule has 0 bridgehead atoms. The Bertz CT molecular complexity index is 465. The van der Waals surface area contributed by atoms with Gasteiger partial charge in [0.1, 0.15) is 12.1 Å². The average molecular weight is 251 g/mol. The van der Waals surface area contributed by atoms with E-state index in [2.05, 4.69) is 28.5 Å². The standard InChI is InChI=1S/C12H14FN3S/c1-12(2,7-14-11-15-8-16-17-11)9-3-5-10(13)6-4-9/h3-6,8H,7H2,1-2H3,(H,14,15,16). The monoisotopic (exact) mass is 251 g/mol. The van der Waals surface area contributed by atoms with E-state index in [1.54, 1.807) is 0 Å². The molecule has 1 N–H and O–H groups in total. The Morgan fingerprint density at radius 2 is 2.00 bits per heavy atom. The van der Waals surface area contributed by atoms with Gasteiger partial charge in [0.2, 0.25) is 5.13 Å². The van der Waals surface area contributed by atoms with E-state index in [-0.39, 0.29) is 11.2 Å². The second-order valence-corrected chi connectivity index (χ2v) is 5.27. The fraction of sp³-hybridized carbons (Fsp3) is 0.333. The Morgan fingerprint density at radius 3 is 2.59 bits per heavy atom. The zero-order chi connectivity index (χ0) is 12.3. The number of hydrogen-bond donors (Lipinski definition) is 1. The molecule has 0 saturated carbocycles. The Labute approximate surface area is 104 Å². The number of rotatable bonds is 4. The maximum absolute atomic E-state index is 12.9. The topological polar surface area (TPSA) is 37.8 Å². The first-order valence-corrected chi connectivity index (χ1v) is 6.12. The molecular weight excluding hydrogens is 237 g/mol. The highest BCUT2D eigenvalue weighted by atomic mass is 32.1. The van der Waals surface area contributed by atoms with Crippen molar-refractivity contribution >= 4 is 16.7 Å². The van der Waals surface area contributed by atoms with Crippen molar-refractivity contribution in [3.63, 3.8) is 0 Å². The molecule has 0 unspecified atom stereocenters. The van der Waals surface area contributed by atoms with Gasteiger partial charge < -0.3 is 5.32 Å². The summed E-state index contributed by atoms with van der Waals surface area (Å²) in [4.78, 5) is 4.06. The molecule has 0 saturated heterocycles. The van der Waals surface area contributed by atoms with Crippen molar-refractivity contribution in [2.24, 2.45) is 0 Å². The lowest BCUT2D eigenvalue weighted by atomic mass is 9.85. The van der Waals surface area contributed by atoms with Crippen LogP contribution in [0.1, 0.15) is 19.4 Å². The highest BCUT2D eigenvalue weighted by molar-refractivity contribution is 7.09. The van der Waals surface area contributed by atoms with Crippen LogP contribution in [-0.4, -0.2) is 15.9 Å². The molecule has 2 aromatic rings. The summed E-state index contributed by atoms with van der Waals surface area (Å²) in [6.45, 7) is 4.94. The highest BCUT2D eigenvalue weighted by Crippen LogP contribution is 2.24. The van der Waals surface area contributed by atoms with Crippen molar-refractivity contribution in [3.05, 3.63) is 42.0 Å². The molecule has 0 atom stereocenters. The van der Waals surface area contributed by atoms with Crippen molar-refractivity contribution < 1.29 is 4.39 Å². The number of aromatic nitrogens is 2. The summed E-state index contributed by atoms with van der Waals surface area (Å²) < 4.78 is 16.8. The summed E-state index contributed by atoms with van der Waals surface area (Å²) >= 11 is 1.33. The molecule has 0 aliphatic heterocycles. The van der Waals surface area contributed by atoms with Crippen LogP contribution in [0.4, 0.5) is 9.52 Å². The van der Waals surface area contributed by atoms with E-state index >= 15 is 0 Å². The lowest BCUT2D eigenvalue weighted by Crippen LogP contribution is -2.27. The summed E-state index contributed by atoms with van der Waals surface area (Å²) in [5, 5.41) is 4.03. The number of halogens is 1. The first kappa shape index (κ1) is 12.0. The molecule has 17 heavy (non-hydrogen) atoms. The molecule has 0 spiro atoms. The summed E-state index contributed by atoms with van der Waals surface area (Å²) in [5.74, 6) is -0.207. The first-order valence-electron chi connectivity index (χ1n) is 5.34. The number of benzene rings is 1. The van der Waals surface area contributed by atoms with Gasteiger partial charge in [-0.2, -0.15) is 4.37 Å². The van der Waals surface area contributed by atoms with E-state index in [4.69, 9.17) is 0 Å². The third kappa shape index (κ3) is 3.00. The molecule has 3 nitrogen and oxygen atoms in total. The fourth-order valence-corrected chi connectivity index (χ4v) is 1.98. The molecule has 1 aromatic heterocycles. The molecule has 0 aliphatic carbocycles. The van der Waals surface area contributed by atoms with Crippen LogP contribution >= 0.6 is 11.5 Å². The van der Waals surface area contributed by atoms with E-state index in [0.29, 0.717) is 0 Å². The van der Waals surface area contributed by atoms with Crippen LogP contribution in [0.3, 0.4) is 0 Å². The smallest absolute Gasteiger partial charge is 0.202 e. The molecule has 1 aromatic carbocycles. The quantitative estimate of drug-likeness (QED) is 0.907. The summed E-state index contributed by atoms with van der Waals surface area (Å²) in [5.41, 5.74) is 1.01. The van der Waals surface area contributed by atoms with Gasteiger partial charge >= 0.3 is 0 Å². The minimum Gasteiger partial charge on any atom is -0.359 e. The normalized spacial score (nSPS) is 11.5. The van der Waals surface area contributed by atoms with Crippen LogP contribution in [0.2, 0.25) is 0 Å². The fourth-order valence-electron chi connectivity index (χ4n) is 1.55. The molecule has 0 amide bonds. The Hall–Kier alpha value is -1.49.